The van der Waals surface area contributed by atoms with E-state index in [4.69, 9.17) is 0 Å². The molecule has 10 aromatic rings. The first-order chi connectivity index (χ1) is 31.3. The van der Waals surface area contributed by atoms with E-state index in [0.29, 0.717) is 0 Å². The van der Waals surface area contributed by atoms with Crippen molar-refractivity contribution in [3.8, 4) is 33.4 Å². The van der Waals surface area contributed by atoms with Crippen LogP contribution >= 0.6 is 11.3 Å². The molecule has 298 valence electrons. The number of allylic oxidation sites excluding steroid dienone is 1. The molecule has 63 heavy (non-hydrogen) atoms. The Morgan fingerprint density at radius 2 is 0.810 bits per heavy atom. The number of aryl methyl sites for hydroxylation is 1. The SMILES string of the molecule is c1ccc(-c2ccc(N(c3ccc(-c4ccccc4)cc3)c3ccc(-c4cccc5c6c(sc45)C4=C(CC6)C(c5ccccc5)(c5ccccc5)c5ccccc54)cc3)cc2)cc1. The molecule has 9 aromatic carbocycles. The maximum absolute atomic E-state index is 2.38. The zero-order valence-electron chi connectivity index (χ0n) is 34.8. The average molecular weight is 822 g/mol. The fraction of sp³-hybridized carbons (Fsp3) is 0.0492. The number of hydrogen-bond acceptors (Lipinski definition) is 2. The minimum Gasteiger partial charge on any atom is -0.311 e. The molecule has 1 aromatic heterocycles. The first kappa shape index (κ1) is 37.3. The Labute approximate surface area is 373 Å². The first-order valence-corrected chi connectivity index (χ1v) is 22.8. The molecule has 2 aliphatic carbocycles. The predicted molar refractivity (Wildman–Crippen MR) is 266 cm³/mol. The third-order valence-electron chi connectivity index (χ3n) is 13.3. The fourth-order valence-corrected chi connectivity index (χ4v) is 12.0. The largest absolute Gasteiger partial charge is 0.311 e. The van der Waals surface area contributed by atoms with Gasteiger partial charge >= 0.3 is 0 Å². The van der Waals surface area contributed by atoms with E-state index in [1.807, 2.05) is 11.3 Å². The molecular weight excluding hydrogens is 779 g/mol. The lowest BCUT2D eigenvalue weighted by atomic mass is 9.65. The number of rotatable bonds is 8. The van der Waals surface area contributed by atoms with Crippen molar-refractivity contribution >= 4 is 44.1 Å². The second-order valence-electron chi connectivity index (χ2n) is 16.7. The van der Waals surface area contributed by atoms with Crippen LogP contribution in [0.2, 0.25) is 0 Å². The van der Waals surface area contributed by atoms with Crippen LogP contribution in [0.5, 0.6) is 0 Å². The molecule has 12 rings (SSSR count). The van der Waals surface area contributed by atoms with Gasteiger partial charge in [-0.25, -0.2) is 0 Å². The molecule has 0 saturated heterocycles. The summed E-state index contributed by atoms with van der Waals surface area (Å²) in [6.07, 6.45) is 2.03. The number of hydrogen-bond donors (Lipinski definition) is 0. The van der Waals surface area contributed by atoms with Crippen molar-refractivity contribution in [2.24, 2.45) is 0 Å². The number of fused-ring (bicyclic) bond motifs is 6. The molecule has 0 unspecified atom stereocenters. The molecule has 0 amide bonds. The highest BCUT2D eigenvalue weighted by Crippen LogP contribution is 2.61. The van der Waals surface area contributed by atoms with Crippen LogP contribution in [0.15, 0.2) is 242 Å². The number of benzene rings is 9. The highest BCUT2D eigenvalue weighted by atomic mass is 32.1. The summed E-state index contributed by atoms with van der Waals surface area (Å²) in [4.78, 5) is 3.80. The summed E-state index contributed by atoms with van der Waals surface area (Å²) in [5.74, 6) is 0. The molecule has 0 radical (unpaired) electrons. The van der Waals surface area contributed by atoms with Crippen molar-refractivity contribution in [1.82, 2.24) is 0 Å². The average Bonchev–Trinajstić information content (AvgIpc) is 3.90. The van der Waals surface area contributed by atoms with Crippen molar-refractivity contribution in [2.45, 2.75) is 18.3 Å². The van der Waals surface area contributed by atoms with Gasteiger partial charge in [0.1, 0.15) is 0 Å². The minimum absolute atomic E-state index is 0.337. The zero-order chi connectivity index (χ0) is 41.7. The molecule has 0 saturated carbocycles. The van der Waals surface area contributed by atoms with E-state index >= 15 is 0 Å². The van der Waals surface area contributed by atoms with Gasteiger partial charge in [0.2, 0.25) is 0 Å². The van der Waals surface area contributed by atoms with Gasteiger partial charge in [0.05, 0.1) is 5.41 Å². The quantitative estimate of drug-likeness (QED) is 0.148. The third kappa shape index (κ3) is 6.13. The van der Waals surface area contributed by atoms with Crippen LogP contribution in [0.3, 0.4) is 0 Å². The van der Waals surface area contributed by atoms with Crippen molar-refractivity contribution < 1.29 is 0 Å². The van der Waals surface area contributed by atoms with E-state index in [-0.39, 0.29) is 5.41 Å². The maximum atomic E-state index is 2.38. The standard InChI is InChI=1S/C61H43NS/c1-5-16-42(17-6-1)44-28-34-49(35-29-44)62(50-36-30-45(31-37-50)43-18-7-2-8-19-43)51-38-32-46(33-39-51)52-25-15-26-53-54-40-41-57-58(60(54)63-59(52)53)55-24-13-14-27-56(55)61(57,47-20-9-3-10-21-47)48-22-11-4-12-23-48/h1-39H,40-41H2. The number of nitrogens with zero attached hydrogens (tertiary/aromatic N) is 1. The summed E-state index contributed by atoms with van der Waals surface area (Å²) >= 11 is 1.99. The summed E-state index contributed by atoms with van der Waals surface area (Å²) in [5.41, 5.74) is 20.3. The van der Waals surface area contributed by atoms with E-state index in [1.54, 1.807) is 0 Å². The van der Waals surface area contributed by atoms with Crippen LogP contribution in [0.25, 0.3) is 49.0 Å². The van der Waals surface area contributed by atoms with Crippen LogP contribution in [-0.2, 0) is 11.8 Å². The van der Waals surface area contributed by atoms with Crippen molar-refractivity contribution in [3.05, 3.63) is 275 Å². The Hall–Kier alpha value is -7.52. The topological polar surface area (TPSA) is 3.24 Å². The van der Waals surface area contributed by atoms with Crippen molar-refractivity contribution in [2.75, 3.05) is 4.90 Å². The first-order valence-electron chi connectivity index (χ1n) is 22.0. The Morgan fingerprint density at radius 3 is 1.35 bits per heavy atom. The Balaban J connectivity index is 0.960. The summed E-state index contributed by atoms with van der Waals surface area (Å²) in [6, 6.07) is 86.9. The van der Waals surface area contributed by atoms with Gasteiger partial charge in [-0.2, -0.15) is 0 Å². The van der Waals surface area contributed by atoms with E-state index < -0.39 is 0 Å². The van der Waals surface area contributed by atoms with Crippen LogP contribution < -0.4 is 4.90 Å². The second kappa shape index (κ2) is 15.4. The van der Waals surface area contributed by atoms with E-state index in [2.05, 4.69) is 241 Å². The summed E-state index contributed by atoms with van der Waals surface area (Å²) in [5, 5.41) is 1.39. The maximum Gasteiger partial charge on any atom is 0.0677 e. The van der Waals surface area contributed by atoms with Crippen LogP contribution in [0.1, 0.15) is 39.1 Å². The van der Waals surface area contributed by atoms with Crippen LogP contribution in [-0.4, -0.2) is 0 Å². The molecule has 1 nitrogen and oxygen atoms in total. The molecule has 2 aliphatic rings. The molecule has 2 heteroatoms. The Bertz CT molecular complexity index is 3150. The van der Waals surface area contributed by atoms with E-state index in [9.17, 15) is 0 Å². The molecule has 0 aliphatic heterocycles. The molecular formula is C61H43NS. The van der Waals surface area contributed by atoms with Gasteiger partial charge in [0.25, 0.3) is 0 Å². The lowest BCUT2D eigenvalue weighted by molar-refractivity contribution is 0.692. The predicted octanol–water partition coefficient (Wildman–Crippen LogP) is 16.5. The molecule has 0 N–H and O–H groups in total. The summed E-state index contributed by atoms with van der Waals surface area (Å²) in [7, 11) is 0. The molecule has 0 fully saturated rings. The van der Waals surface area contributed by atoms with Crippen LogP contribution in [0, 0.1) is 0 Å². The van der Waals surface area contributed by atoms with Crippen molar-refractivity contribution in [3.63, 3.8) is 0 Å². The molecule has 1 heterocycles. The second-order valence-corrected chi connectivity index (χ2v) is 17.7. The number of thiophene rings is 1. The lowest BCUT2D eigenvalue weighted by Gasteiger charge is -2.36. The van der Waals surface area contributed by atoms with Gasteiger partial charge < -0.3 is 4.90 Å². The third-order valence-corrected chi connectivity index (χ3v) is 14.6. The highest BCUT2D eigenvalue weighted by molar-refractivity contribution is 7.21. The van der Waals surface area contributed by atoms with E-state index in [1.165, 1.54) is 87.3 Å². The van der Waals surface area contributed by atoms with Crippen molar-refractivity contribution in [1.29, 1.82) is 0 Å². The van der Waals surface area contributed by atoms with Gasteiger partial charge in [0.15, 0.2) is 0 Å². The van der Waals surface area contributed by atoms with Crippen LogP contribution in [0.4, 0.5) is 17.1 Å². The van der Waals surface area contributed by atoms with Gasteiger partial charge in [0, 0.05) is 32.2 Å². The summed E-state index contributed by atoms with van der Waals surface area (Å²) in [6.45, 7) is 0. The Morgan fingerprint density at radius 1 is 0.365 bits per heavy atom. The van der Waals surface area contributed by atoms with Gasteiger partial charge in [-0.3, -0.25) is 0 Å². The minimum atomic E-state index is -0.337. The monoisotopic (exact) mass is 821 g/mol. The van der Waals surface area contributed by atoms with E-state index in [0.717, 1.165) is 29.9 Å². The number of anilines is 3. The molecule has 0 atom stereocenters. The molecule has 0 bridgehead atoms. The zero-order valence-corrected chi connectivity index (χ0v) is 35.6. The lowest BCUT2D eigenvalue weighted by Crippen LogP contribution is -2.30. The van der Waals surface area contributed by atoms with Gasteiger partial charge in [-0.05, 0) is 121 Å². The van der Waals surface area contributed by atoms with Gasteiger partial charge in [-0.1, -0.05) is 200 Å². The smallest absolute Gasteiger partial charge is 0.0677 e. The normalized spacial score (nSPS) is 13.7. The molecule has 0 spiro atoms. The highest BCUT2D eigenvalue weighted by Gasteiger charge is 2.49. The summed E-state index contributed by atoms with van der Waals surface area (Å²) < 4.78 is 1.36. The fourth-order valence-electron chi connectivity index (χ4n) is 10.5. The Kier molecular flexibility index (Phi) is 9.13. The van der Waals surface area contributed by atoms with Gasteiger partial charge in [-0.15, -0.1) is 11.3 Å².